The molecule has 1 aromatic rings. The van der Waals surface area contributed by atoms with Crippen LogP contribution in [0.25, 0.3) is 0 Å². The first-order chi connectivity index (χ1) is 7.78. The van der Waals surface area contributed by atoms with Crippen LogP contribution in [0.2, 0.25) is 0 Å². The molecule has 0 radical (unpaired) electrons. The molecule has 0 bridgehead atoms. The summed E-state index contributed by atoms with van der Waals surface area (Å²) in [4.78, 5) is 8.69. The Bertz CT molecular complexity index is 351. The molecule has 0 spiro atoms. The van der Waals surface area contributed by atoms with E-state index in [0.29, 0.717) is 6.10 Å². The number of hydrogen-bond donors (Lipinski definition) is 0. The zero-order chi connectivity index (χ0) is 11.4. The van der Waals surface area contributed by atoms with Crippen molar-refractivity contribution in [3.8, 4) is 5.88 Å². The number of nitrogens with zero attached hydrogens (tertiary/aromatic N) is 2. The number of aryl methyl sites for hydroxylation is 1. The van der Waals surface area contributed by atoms with Crippen LogP contribution >= 0.6 is 11.8 Å². The van der Waals surface area contributed by atoms with E-state index in [2.05, 4.69) is 9.97 Å². The van der Waals surface area contributed by atoms with Gasteiger partial charge in [-0.2, -0.15) is 4.98 Å². The molecule has 0 aromatic carbocycles. The average molecular weight is 238 g/mol. The molecule has 16 heavy (non-hydrogen) atoms. The van der Waals surface area contributed by atoms with E-state index in [9.17, 15) is 0 Å². The summed E-state index contributed by atoms with van der Waals surface area (Å²) in [6.07, 6.45) is 8.58. The van der Waals surface area contributed by atoms with Crippen molar-refractivity contribution in [1.29, 1.82) is 0 Å². The number of ether oxygens (including phenoxy) is 1. The van der Waals surface area contributed by atoms with E-state index in [1.54, 1.807) is 11.8 Å². The van der Waals surface area contributed by atoms with E-state index < -0.39 is 0 Å². The molecule has 88 valence electrons. The molecule has 1 saturated carbocycles. The van der Waals surface area contributed by atoms with Gasteiger partial charge in [-0.15, -0.1) is 0 Å². The Morgan fingerprint density at radius 2 is 2.00 bits per heavy atom. The van der Waals surface area contributed by atoms with Crippen molar-refractivity contribution in [3.05, 3.63) is 11.8 Å². The highest BCUT2D eigenvalue weighted by Gasteiger charge is 2.15. The first-order valence-corrected chi connectivity index (χ1v) is 7.07. The van der Waals surface area contributed by atoms with E-state index >= 15 is 0 Å². The number of thioether (sulfide) groups is 1. The average Bonchev–Trinajstić information content (AvgIpc) is 2.29. The Morgan fingerprint density at radius 1 is 1.25 bits per heavy atom. The Kier molecular flexibility index (Phi) is 4.04. The molecule has 1 heterocycles. The molecule has 1 aliphatic carbocycles. The standard InChI is InChI=1S/C12H18N2OS/c1-9-8-11(14-12(13-9)16-2)15-10-6-4-3-5-7-10/h8,10H,3-7H2,1-2H3. The highest BCUT2D eigenvalue weighted by atomic mass is 32.2. The molecule has 0 N–H and O–H groups in total. The van der Waals surface area contributed by atoms with Crippen LogP contribution in [0, 0.1) is 6.92 Å². The van der Waals surface area contributed by atoms with Gasteiger partial charge in [-0.05, 0) is 38.9 Å². The SMILES string of the molecule is CSc1nc(C)cc(OC2CCCCC2)n1. The molecular weight excluding hydrogens is 220 g/mol. The van der Waals surface area contributed by atoms with Crippen molar-refractivity contribution in [1.82, 2.24) is 9.97 Å². The fourth-order valence-electron chi connectivity index (χ4n) is 2.02. The third kappa shape index (κ3) is 3.11. The van der Waals surface area contributed by atoms with E-state index in [1.165, 1.54) is 19.3 Å². The lowest BCUT2D eigenvalue weighted by atomic mass is 9.98. The van der Waals surface area contributed by atoms with E-state index in [0.717, 1.165) is 29.6 Å². The van der Waals surface area contributed by atoms with Crippen molar-refractivity contribution in [2.75, 3.05) is 6.26 Å². The maximum atomic E-state index is 5.91. The van der Waals surface area contributed by atoms with Gasteiger partial charge in [0.25, 0.3) is 0 Å². The molecule has 0 atom stereocenters. The summed E-state index contributed by atoms with van der Waals surface area (Å²) in [6, 6.07) is 1.92. The van der Waals surface area contributed by atoms with Gasteiger partial charge in [0.15, 0.2) is 5.16 Å². The lowest BCUT2D eigenvalue weighted by Gasteiger charge is -2.22. The van der Waals surface area contributed by atoms with Gasteiger partial charge in [0.05, 0.1) is 0 Å². The van der Waals surface area contributed by atoms with Crippen molar-refractivity contribution < 1.29 is 4.74 Å². The van der Waals surface area contributed by atoms with Crippen molar-refractivity contribution in [3.63, 3.8) is 0 Å². The van der Waals surface area contributed by atoms with Crippen molar-refractivity contribution >= 4 is 11.8 Å². The first kappa shape index (κ1) is 11.7. The zero-order valence-corrected chi connectivity index (χ0v) is 10.7. The van der Waals surface area contributed by atoms with Gasteiger partial charge in [0.2, 0.25) is 5.88 Å². The Balaban J connectivity index is 2.04. The monoisotopic (exact) mass is 238 g/mol. The minimum atomic E-state index is 0.359. The molecule has 0 unspecified atom stereocenters. The molecule has 0 amide bonds. The van der Waals surface area contributed by atoms with Crippen LogP contribution in [-0.4, -0.2) is 22.3 Å². The Hall–Kier alpha value is -0.770. The van der Waals surface area contributed by atoms with Gasteiger partial charge in [-0.1, -0.05) is 18.2 Å². The van der Waals surface area contributed by atoms with Gasteiger partial charge in [-0.3, -0.25) is 0 Å². The molecule has 1 fully saturated rings. The lowest BCUT2D eigenvalue weighted by molar-refractivity contribution is 0.147. The third-order valence-corrected chi connectivity index (χ3v) is 3.38. The Labute approximate surface area is 101 Å². The summed E-state index contributed by atoms with van der Waals surface area (Å²) in [5, 5.41) is 0.797. The maximum absolute atomic E-state index is 5.91. The third-order valence-electron chi connectivity index (χ3n) is 2.83. The topological polar surface area (TPSA) is 35.0 Å². The molecular formula is C12H18N2OS. The van der Waals surface area contributed by atoms with Crippen LogP contribution < -0.4 is 4.74 Å². The van der Waals surface area contributed by atoms with Crippen LogP contribution in [0.4, 0.5) is 0 Å². The summed E-state index contributed by atoms with van der Waals surface area (Å²) < 4.78 is 5.91. The second-order valence-corrected chi connectivity index (χ2v) is 4.99. The molecule has 1 aliphatic rings. The van der Waals surface area contributed by atoms with Crippen molar-refractivity contribution in [2.24, 2.45) is 0 Å². The number of rotatable bonds is 3. The zero-order valence-electron chi connectivity index (χ0n) is 9.90. The van der Waals surface area contributed by atoms with Crippen molar-refractivity contribution in [2.45, 2.75) is 50.3 Å². The number of aromatic nitrogens is 2. The molecule has 4 heteroatoms. The largest absolute Gasteiger partial charge is 0.474 e. The lowest BCUT2D eigenvalue weighted by Crippen LogP contribution is -2.20. The molecule has 0 aliphatic heterocycles. The fourth-order valence-corrected chi connectivity index (χ4v) is 2.44. The smallest absolute Gasteiger partial charge is 0.217 e. The van der Waals surface area contributed by atoms with Crippen LogP contribution in [0.5, 0.6) is 5.88 Å². The fraction of sp³-hybridized carbons (Fsp3) is 0.667. The molecule has 3 nitrogen and oxygen atoms in total. The summed E-state index contributed by atoms with van der Waals surface area (Å²) in [6.45, 7) is 1.98. The van der Waals surface area contributed by atoms with Gasteiger partial charge < -0.3 is 4.74 Å². The second kappa shape index (κ2) is 5.53. The summed E-state index contributed by atoms with van der Waals surface area (Å²) >= 11 is 1.56. The highest BCUT2D eigenvalue weighted by Crippen LogP contribution is 2.23. The quantitative estimate of drug-likeness (QED) is 0.598. The summed E-state index contributed by atoms with van der Waals surface area (Å²) in [5.74, 6) is 0.740. The van der Waals surface area contributed by atoms with Gasteiger partial charge >= 0.3 is 0 Å². The van der Waals surface area contributed by atoms with Crippen LogP contribution in [0.3, 0.4) is 0 Å². The van der Waals surface area contributed by atoms with Gasteiger partial charge in [0.1, 0.15) is 6.10 Å². The predicted octanol–water partition coefficient (Wildman–Crippen LogP) is 3.22. The molecule has 1 aromatic heterocycles. The van der Waals surface area contributed by atoms with Crippen LogP contribution in [0.15, 0.2) is 11.2 Å². The van der Waals surface area contributed by atoms with Crippen LogP contribution in [0.1, 0.15) is 37.8 Å². The predicted molar refractivity (Wildman–Crippen MR) is 66.1 cm³/mol. The molecule has 2 rings (SSSR count). The Morgan fingerprint density at radius 3 is 2.69 bits per heavy atom. The summed E-state index contributed by atoms with van der Waals surface area (Å²) in [7, 11) is 0. The van der Waals surface area contributed by atoms with Crippen LogP contribution in [-0.2, 0) is 0 Å². The normalized spacial score (nSPS) is 17.4. The highest BCUT2D eigenvalue weighted by molar-refractivity contribution is 7.98. The van der Waals surface area contributed by atoms with E-state index in [4.69, 9.17) is 4.74 Å². The summed E-state index contributed by atoms with van der Waals surface area (Å²) in [5.41, 5.74) is 0.977. The second-order valence-electron chi connectivity index (χ2n) is 4.21. The maximum Gasteiger partial charge on any atom is 0.217 e. The van der Waals surface area contributed by atoms with E-state index in [-0.39, 0.29) is 0 Å². The minimum Gasteiger partial charge on any atom is -0.474 e. The van der Waals surface area contributed by atoms with Gasteiger partial charge in [-0.25, -0.2) is 4.98 Å². The first-order valence-electron chi connectivity index (χ1n) is 5.84. The minimum absolute atomic E-state index is 0.359. The molecule has 0 saturated heterocycles. The van der Waals surface area contributed by atoms with Gasteiger partial charge in [0, 0.05) is 11.8 Å². The number of hydrogen-bond acceptors (Lipinski definition) is 4. The van der Waals surface area contributed by atoms with E-state index in [1.807, 2.05) is 19.2 Å².